The molecule has 0 saturated heterocycles. The molecule has 0 amide bonds. The Balaban J connectivity index is 1.83. The van der Waals surface area contributed by atoms with Crippen molar-refractivity contribution in [2.24, 2.45) is 0 Å². The molecule has 2 heteroatoms. The van der Waals surface area contributed by atoms with Crippen molar-refractivity contribution in [3.63, 3.8) is 0 Å². The van der Waals surface area contributed by atoms with Gasteiger partial charge >= 0.3 is 0 Å². The second-order valence-corrected chi connectivity index (χ2v) is 13.9. The van der Waals surface area contributed by atoms with Gasteiger partial charge in [0, 0.05) is 9.79 Å². The Morgan fingerprint density at radius 3 is 1.05 bits per heavy atom. The van der Waals surface area contributed by atoms with Crippen molar-refractivity contribution in [1.29, 1.82) is 0 Å². The molecule has 0 bridgehead atoms. The predicted molar refractivity (Wildman–Crippen MR) is 196 cm³/mol. The highest BCUT2D eigenvalue weighted by Gasteiger charge is 2.08. The van der Waals surface area contributed by atoms with Crippen LogP contribution in [-0.4, -0.2) is 12.5 Å². The summed E-state index contributed by atoms with van der Waals surface area (Å²) in [5.74, 6) is 0. The SMILES string of the molecule is CCCCCCCCCCCCc1cccc(/C=C/c2cccc(CCCCCCCCCCCC)c2SC)c1SC. The molecule has 0 atom stereocenters. The minimum atomic E-state index is 1.21. The zero-order chi connectivity index (χ0) is 30.1. The largest absolute Gasteiger partial charge is 0.129 e. The molecule has 2 rings (SSSR count). The summed E-state index contributed by atoms with van der Waals surface area (Å²) >= 11 is 3.84. The van der Waals surface area contributed by atoms with E-state index in [-0.39, 0.29) is 0 Å². The van der Waals surface area contributed by atoms with Crippen molar-refractivity contribution in [1.82, 2.24) is 0 Å². The number of benzene rings is 2. The minimum Gasteiger partial charge on any atom is -0.129 e. The van der Waals surface area contributed by atoms with Crippen molar-refractivity contribution in [2.45, 2.75) is 165 Å². The summed E-state index contributed by atoms with van der Waals surface area (Å²) in [7, 11) is 0. The van der Waals surface area contributed by atoms with E-state index in [0.717, 1.165) is 0 Å². The van der Waals surface area contributed by atoms with Crippen LogP contribution in [0.4, 0.5) is 0 Å². The Kier molecular flexibility index (Phi) is 22.3. The second kappa shape index (κ2) is 25.2. The summed E-state index contributed by atoms with van der Waals surface area (Å²) in [6.45, 7) is 4.60. The molecule has 2 aromatic carbocycles. The Labute approximate surface area is 270 Å². The smallest absolute Gasteiger partial charge is 0.0174 e. The average Bonchev–Trinajstić information content (AvgIpc) is 3.01. The molecular weight excluding hydrogens is 545 g/mol. The number of unbranched alkanes of at least 4 members (excludes halogenated alkanes) is 18. The van der Waals surface area contributed by atoms with Gasteiger partial charge in [-0.15, -0.1) is 23.5 Å². The summed E-state index contributed by atoms with van der Waals surface area (Å²) in [5.41, 5.74) is 5.81. The van der Waals surface area contributed by atoms with E-state index in [0.29, 0.717) is 0 Å². The van der Waals surface area contributed by atoms with Gasteiger partial charge in [0.15, 0.2) is 0 Å². The van der Waals surface area contributed by atoms with Gasteiger partial charge in [-0.25, -0.2) is 0 Å². The maximum atomic E-state index is 2.37. The summed E-state index contributed by atoms with van der Waals surface area (Å²) in [4.78, 5) is 2.94. The fourth-order valence-corrected chi connectivity index (χ4v) is 7.76. The molecule has 236 valence electrons. The number of hydrogen-bond acceptors (Lipinski definition) is 2. The van der Waals surface area contributed by atoms with Crippen LogP contribution in [0.25, 0.3) is 12.2 Å². The van der Waals surface area contributed by atoms with Gasteiger partial charge in [0.05, 0.1) is 0 Å². The van der Waals surface area contributed by atoms with E-state index < -0.39 is 0 Å². The Morgan fingerprint density at radius 2 is 0.738 bits per heavy atom. The summed E-state index contributed by atoms with van der Waals surface area (Å²) in [6.07, 6.45) is 39.6. The van der Waals surface area contributed by atoms with Crippen LogP contribution < -0.4 is 0 Å². The van der Waals surface area contributed by atoms with E-state index in [9.17, 15) is 0 Å². The molecule has 0 heterocycles. The quantitative estimate of drug-likeness (QED) is 0.0592. The lowest BCUT2D eigenvalue weighted by Gasteiger charge is -2.13. The van der Waals surface area contributed by atoms with Crippen LogP contribution >= 0.6 is 23.5 Å². The molecule has 0 aliphatic heterocycles. The number of hydrogen-bond donors (Lipinski definition) is 0. The zero-order valence-corrected chi connectivity index (χ0v) is 29.6. The van der Waals surface area contributed by atoms with Gasteiger partial charge in [0.2, 0.25) is 0 Å². The highest BCUT2D eigenvalue weighted by Crippen LogP contribution is 2.31. The van der Waals surface area contributed by atoms with Crippen LogP contribution in [0, 0.1) is 0 Å². The molecule has 0 aliphatic carbocycles. The summed E-state index contributed by atoms with van der Waals surface area (Å²) in [5, 5.41) is 0. The second-order valence-electron chi connectivity index (χ2n) is 12.3. The molecular formula is C40H64S2. The number of aryl methyl sites for hydroxylation is 2. The first-order valence-corrected chi connectivity index (χ1v) is 20.2. The molecule has 0 nitrogen and oxygen atoms in total. The minimum absolute atomic E-state index is 1.21. The van der Waals surface area contributed by atoms with Crippen molar-refractivity contribution in [3.05, 3.63) is 58.7 Å². The Bertz CT molecular complexity index is 883. The van der Waals surface area contributed by atoms with Crippen molar-refractivity contribution >= 4 is 35.7 Å². The molecule has 0 spiro atoms. The third kappa shape index (κ3) is 15.6. The van der Waals surface area contributed by atoms with Crippen molar-refractivity contribution < 1.29 is 0 Å². The topological polar surface area (TPSA) is 0 Å². The van der Waals surface area contributed by atoms with E-state index in [2.05, 4.69) is 74.9 Å². The van der Waals surface area contributed by atoms with Gasteiger partial charge in [0.25, 0.3) is 0 Å². The lowest BCUT2D eigenvalue weighted by atomic mass is 10.0. The van der Waals surface area contributed by atoms with Crippen molar-refractivity contribution in [2.75, 3.05) is 12.5 Å². The van der Waals surface area contributed by atoms with Crippen LogP contribution in [0.15, 0.2) is 46.2 Å². The Hall–Kier alpha value is -1.12. The average molecular weight is 609 g/mol. The van der Waals surface area contributed by atoms with Gasteiger partial charge in [-0.1, -0.05) is 178 Å². The van der Waals surface area contributed by atoms with Gasteiger partial charge in [-0.05, 0) is 60.4 Å². The predicted octanol–water partition coefficient (Wildman–Crippen LogP) is 14.2. The number of rotatable bonds is 26. The first kappa shape index (κ1) is 37.1. The van der Waals surface area contributed by atoms with Gasteiger partial charge in [-0.3, -0.25) is 0 Å². The maximum absolute atomic E-state index is 2.37. The van der Waals surface area contributed by atoms with E-state index in [1.807, 2.05) is 23.5 Å². The molecule has 0 N–H and O–H groups in total. The highest BCUT2D eigenvalue weighted by molar-refractivity contribution is 7.99. The van der Waals surface area contributed by atoms with Crippen LogP contribution in [0.3, 0.4) is 0 Å². The first-order valence-electron chi connectivity index (χ1n) is 17.7. The molecule has 0 aliphatic rings. The van der Waals surface area contributed by atoms with Crippen LogP contribution in [0.1, 0.15) is 165 Å². The van der Waals surface area contributed by atoms with E-state index in [1.54, 1.807) is 0 Å². The fourth-order valence-electron chi connectivity index (χ4n) is 6.15. The summed E-state index contributed by atoms with van der Waals surface area (Å²) in [6, 6.07) is 13.9. The summed E-state index contributed by atoms with van der Waals surface area (Å²) < 4.78 is 0. The van der Waals surface area contributed by atoms with Crippen LogP contribution in [0.5, 0.6) is 0 Å². The normalized spacial score (nSPS) is 11.6. The lowest BCUT2D eigenvalue weighted by molar-refractivity contribution is 0.556. The van der Waals surface area contributed by atoms with Crippen LogP contribution in [0.2, 0.25) is 0 Å². The molecule has 0 radical (unpaired) electrons. The van der Waals surface area contributed by atoms with E-state index in [1.165, 1.54) is 173 Å². The van der Waals surface area contributed by atoms with E-state index >= 15 is 0 Å². The van der Waals surface area contributed by atoms with Crippen LogP contribution in [-0.2, 0) is 12.8 Å². The molecule has 0 aromatic heterocycles. The van der Waals surface area contributed by atoms with Gasteiger partial charge in [0.1, 0.15) is 0 Å². The van der Waals surface area contributed by atoms with Gasteiger partial charge < -0.3 is 0 Å². The molecule has 42 heavy (non-hydrogen) atoms. The lowest BCUT2D eigenvalue weighted by Crippen LogP contribution is -1.93. The zero-order valence-electron chi connectivity index (χ0n) is 28.0. The molecule has 0 unspecified atom stereocenters. The van der Waals surface area contributed by atoms with Gasteiger partial charge in [-0.2, -0.15) is 0 Å². The fraction of sp³-hybridized carbons (Fsp3) is 0.650. The first-order chi connectivity index (χ1) is 20.7. The Morgan fingerprint density at radius 1 is 0.429 bits per heavy atom. The molecule has 2 aromatic rings. The monoisotopic (exact) mass is 608 g/mol. The highest BCUT2D eigenvalue weighted by atomic mass is 32.2. The third-order valence-corrected chi connectivity index (χ3v) is 10.5. The van der Waals surface area contributed by atoms with Crippen molar-refractivity contribution in [3.8, 4) is 0 Å². The standard InChI is InChI=1S/C40H64S2/c1-5-7-9-11-13-15-17-19-21-23-27-35-29-25-31-37(39(35)41-3)33-34-38-32-26-30-36(40(38)42-4)28-24-22-20-18-16-14-12-10-8-6-2/h25-26,29-34H,5-24,27-28H2,1-4H3/b34-33+. The molecule has 0 saturated carbocycles. The molecule has 0 fully saturated rings. The maximum Gasteiger partial charge on any atom is 0.0174 e. The number of thioether (sulfide) groups is 2. The third-order valence-electron chi connectivity index (χ3n) is 8.70. The van der Waals surface area contributed by atoms with E-state index in [4.69, 9.17) is 0 Å².